The van der Waals surface area contributed by atoms with Crippen LogP contribution in [0, 0.1) is 0 Å². The van der Waals surface area contributed by atoms with E-state index in [2.05, 4.69) is 5.32 Å². The van der Waals surface area contributed by atoms with Gasteiger partial charge in [0, 0.05) is 22.2 Å². The van der Waals surface area contributed by atoms with Crippen LogP contribution >= 0.6 is 23.2 Å². The number of benzene rings is 2. The van der Waals surface area contributed by atoms with E-state index in [4.69, 9.17) is 27.9 Å². The van der Waals surface area contributed by atoms with Crippen molar-refractivity contribution >= 4 is 35.1 Å². The second kappa shape index (κ2) is 9.44. The predicted octanol–water partition coefficient (Wildman–Crippen LogP) is 4.00. The highest BCUT2D eigenvalue weighted by Gasteiger charge is 2.14. The molecule has 2 aromatic rings. The average molecular weight is 380 g/mol. The minimum atomic E-state index is -0.554. The van der Waals surface area contributed by atoms with Crippen LogP contribution in [0.5, 0.6) is 0 Å². The van der Waals surface area contributed by atoms with Crippen LogP contribution in [0.2, 0.25) is 10.0 Å². The van der Waals surface area contributed by atoms with E-state index in [0.29, 0.717) is 22.2 Å². The van der Waals surface area contributed by atoms with Crippen molar-refractivity contribution in [2.75, 3.05) is 13.2 Å². The highest BCUT2D eigenvalue weighted by Crippen LogP contribution is 2.24. The summed E-state index contributed by atoms with van der Waals surface area (Å²) in [7, 11) is 0. The van der Waals surface area contributed by atoms with Gasteiger partial charge in [0.05, 0.1) is 6.42 Å². The van der Waals surface area contributed by atoms with Crippen molar-refractivity contribution < 1.29 is 14.3 Å². The molecule has 0 saturated carbocycles. The molecule has 0 aromatic heterocycles. The van der Waals surface area contributed by atoms with Crippen LogP contribution in [0.1, 0.15) is 24.0 Å². The van der Waals surface area contributed by atoms with Crippen LogP contribution in [0.3, 0.4) is 0 Å². The number of carbonyl (C=O) groups excluding carboxylic acids is 2. The average Bonchev–Trinajstić information content (AvgIpc) is 2.62. The monoisotopic (exact) mass is 379 g/mol. The molecule has 0 bridgehead atoms. The van der Waals surface area contributed by atoms with Crippen LogP contribution in [0.25, 0.3) is 0 Å². The number of ether oxygens (including phenoxy) is 1. The third kappa shape index (κ3) is 6.07. The molecule has 1 N–H and O–H groups in total. The van der Waals surface area contributed by atoms with Gasteiger partial charge < -0.3 is 10.1 Å². The van der Waals surface area contributed by atoms with Crippen molar-refractivity contribution in [3.8, 4) is 0 Å². The molecule has 0 radical (unpaired) electrons. The zero-order valence-electron chi connectivity index (χ0n) is 13.8. The molecule has 0 fully saturated rings. The summed E-state index contributed by atoms with van der Waals surface area (Å²) in [4.78, 5) is 23.7. The first-order valence-electron chi connectivity index (χ1n) is 7.87. The van der Waals surface area contributed by atoms with Gasteiger partial charge in [-0.2, -0.15) is 0 Å². The van der Waals surface area contributed by atoms with E-state index in [1.165, 1.54) is 0 Å². The van der Waals surface area contributed by atoms with Crippen LogP contribution in [0.15, 0.2) is 48.5 Å². The summed E-state index contributed by atoms with van der Waals surface area (Å²) < 4.78 is 4.99. The molecule has 0 saturated heterocycles. The van der Waals surface area contributed by atoms with Gasteiger partial charge in [-0.1, -0.05) is 66.5 Å². The third-order valence-corrected chi connectivity index (χ3v) is 4.43. The highest BCUT2D eigenvalue weighted by atomic mass is 35.5. The summed E-state index contributed by atoms with van der Waals surface area (Å²) in [5, 5.41) is 3.54. The fraction of sp³-hybridized carbons (Fsp3) is 0.263. The molecule has 132 valence electrons. The Morgan fingerprint density at radius 3 is 2.32 bits per heavy atom. The molecule has 0 aliphatic heterocycles. The minimum absolute atomic E-state index is 0.0772. The lowest BCUT2D eigenvalue weighted by Gasteiger charge is -2.13. The van der Waals surface area contributed by atoms with Gasteiger partial charge in [0.1, 0.15) is 0 Å². The maximum atomic E-state index is 11.9. The van der Waals surface area contributed by atoms with E-state index in [1.807, 2.05) is 37.3 Å². The molecule has 0 unspecified atom stereocenters. The normalized spacial score (nSPS) is 11.6. The van der Waals surface area contributed by atoms with E-state index < -0.39 is 5.97 Å². The number of amides is 1. The fourth-order valence-corrected chi connectivity index (χ4v) is 2.79. The summed E-state index contributed by atoms with van der Waals surface area (Å²) in [5.41, 5.74) is 1.63. The zero-order chi connectivity index (χ0) is 18.2. The molecule has 6 heteroatoms. The molecule has 0 spiro atoms. The maximum Gasteiger partial charge on any atom is 0.310 e. The molecule has 4 nitrogen and oxygen atoms in total. The first-order chi connectivity index (χ1) is 12.0. The molecule has 2 aromatic carbocycles. The Kier molecular flexibility index (Phi) is 7.29. The smallest absolute Gasteiger partial charge is 0.310 e. The molecule has 1 amide bonds. The van der Waals surface area contributed by atoms with Crippen molar-refractivity contribution in [1.29, 1.82) is 0 Å². The van der Waals surface area contributed by atoms with Gasteiger partial charge in [0.25, 0.3) is 5.91 Å². The SMILES string of the molecule is C[C@H](CNC(=O)COC(=O)Cc1c(Cl)cccc1Cl)c1ccccc1. The third-order valence-electron chi connectivity index (χ3n) is 3.72. The van der Waals surface area contributed by atoms with Crippen LogP contribution in [-0.4, -0.2) is 25.0 Å². The van der Waals surface area contributed by atoms with Crippen LogP contribution in [-0.2, 0) is 20.7 Å². The maximum absolute atomic E-state index is 11.9. The first-order valence-corrected chi connectivity index (χ1v) is 8.63. The van der Waals surface area contributed by atoms with Crippen molar-refractivity contribution in [1.82, 2.24) is 5.32 Å². The predicted molar refractivity (Wildman–Crippen MR) is 99.0 cm³/mol. The molecule has 1 atom stereocenters. The van der Waals surface area contributed by atoms with Crippen molar-refractivity contribution in [2.45, 2.75) is 19.3 Å². The van der Waals surface area contributed by atoms with Crippen molar-refractivity contribution in [2.24, 2.45) is 0 Å². The van der Waals surface area contributed by atoms with Crippen molar-refractivity contribution in [3.63, 3.8) is 0 Å². The van der Waals surface area contributed by atoms with E-state index in [1.54, 1.807) is 18.2 Å². The Morgan fingerprint density at radius 1 is 1.04 bits per heavy atom. The molecule has 0 aliphatic rings. The number of rotatable bonds is 7. The Balaban J connectivity index is 1.75. The van der Waals surface area contributed by atoms with Gasteiger partial charge in [-0.05, 0) is 23.6 Å². The molecule has 2 rings (SSSR count). The number of halogens is 2. The van der Waals surface area contributed by atoms with E-state index >= 15 is 0 Å². The number of hydrogen-bond donors (Lipinski definition) is 1. The standard InChI is InChI=1S/C19H19Cl2NO3/c1-13(14-6-3-2-4-7-14)11-22-18(23)12-25-19(24)10-15-16(20)8-5-9-17(15)21/h2-9,13H,10-12H2,1H3,(H,22,23)/t13-/m1/s1. The van der Waals surface area contributed by atoms with Crippen LogP contribution < -0.4 is 5.32 Å². The van der Waals surface area contributed by atoms with Gasteiger partial charge in [-0.3, -0.25) is 9.59 Å². The van der Waals surface area contributed by atoms with Crippen molar-refractivity contribution in [3.05, 3.63) is 69.7 Å². The quantitative estimate of drug-likeness (QED) is 0.739. The lowest BCUT2D eigenvalue weighted by atomic mass is 10.0. The second-order valence-electron chi connectivity index (χ2n) is 5.65. The van der Waals surface area contributed by atoms with Gasteiger partial charge in [-0.15, -0.1) is 0 Å². The minimum Gasteiger partial charge on any atom is -0.455 e. The Bertz CT molecular complexity index is 714. The highest BCUT2D eigenvalue weighted by molar-refractivity contribution is 6.36. The Labute approximate surface area is 157 Å². The van der Waals surface area contributed by atoms with Crippen LogP contribution in [0.4, 0.5) is 0 Å². The summed E-state index contributed by atoms with van der Waals surface area (Å²) in [6, 6.07) is 14.8. The molecular weight excluding hydrogens is 361 g/mol. The van der Waals surface area contributed by atoms with Gasteiger partial charge in [0.15, 0.2) is 6.61 Å². The van der Waals surface area contributed by atoms with Gasteiger partial charge in [-0.25, -0.2) is 0 Å². The summed E-state index contributed by atoms with van der Waals surface area (Å²) in [6.07, 6.45) is -0.0772. The molecule has 25 heavy (non-hydrogen) atoms. The van der Waals surface area contributed by atoms with E-state index in [0.717, 1.165) is 5.56 Å². The Morgan fingerprint density at radius 2 is 1.68 bits per heavy atom. The van der Waals surface area contributed by atoms with E-state index in [-0.39, 0.29) is 24.9 Å². The Hall–Kier alpha value is -2.04. The number of esters is 1. The number of nitrogens with one attached hydrogen (secondary N) is 1. The van der Waals surface area contributed by atoms with Gasteiger partial charge in [0.2, 0.25) is 0 Å². The second-order valence-corrected chi connectivity index (χ2v) is 6.47. The molecule has 0 heterocycles. The number of carbonyl (C=O) groups is 2. The first kappa shape index (κ1) is 19.3. The summed E-state index contributed by atoms with van der Waals surface area (Å²) >= 11 is 12.0. The number of hydrogen-bond acceptors (Lipinski definition) is 3. The molecule has 0 aliphatic carbocycles. The fourth-order valence-electron chi connectivity index (χ4n) is 2.26. The van der Waals surface area contributed by atoms with E-state index in [9.17, 15) is 9.59 Å². The lowest BCUT2D eigenvalue weighted by Crippen LogP contribution is -2.32. The topological polar surface area (TPSA) is 55.4 Å². The largest absolute Gasteiger partial charge is 0.455 e. The zero-order valence-corrected chi connectivity index (χ0v) is 15.3. The molecular formula is C19H19Cl2NO3. The summed E-state index contributed by atoms with van der Waals surface area (Å²) in [6.45, 7) is 2.15. The van der Waals surface area contributed by atoms with Gasteiger partial charge >= 0.3 is 5.97 Å². The summed E-state index contributed by atoms with van der Waals surface area (Å²) in [5.74, 6) is -0.731. The lowest BCUT2D eigenvalue weighted by molar-refractivity contribution is -0.147.